The van der Waals surface area contributed by atoms with Crippen molar-refractivity contribution in [2.45, 2.75) is 20.3 Å². The van der Waals surface area contributed by atoms with Crippen LogP contribution in [0, 0.1) is 16.0 Å². The van der Waals surface area contributed by atoms with E-state index in [1.165, 1.54) is 6.07 Å². The fraction of sp³-hybridized carbons (Fsp3) is 0.500. The van der Waals surface area contributed by atoms with Gasteiger partial charge in [-0.1, -0.05) is 25.4 Å². The minimum Gasteiger partial charge on any atom is -0.368 e. The van der Waals surface area contributed by atoms with Crippen molar-refractivity contribution in [1.82, 2.24) is 10.3 Å². The van der Waals surface area contributed by atoms with Crippen LogP contribution in [0.3, 0.4) is 0 Å². The Hall–Kier alpha value is -1.89. The van der Waals surface area contributed by atoms with Gasteiger partial charge in [0, 0.05) is 25.6 Å². The second-order valence-electron chi connectivity index (χ2n) is 4.66. The molecule has 0 spiro atoms. The van der Waals surface area contributed by atoms with Crippen molar-refractivity contribution < 1.29 is 9.72 Å². The maximum absolute atomic E-state index is 11.5. The number of nitrogens with one attached hydrogen (secondary N) is 2. The standard InChI is InChI=1S/C12H17ClN4O3/c1-8(2)6-15-11(18)3-4-14-12-10(13)5-9(7-16-12)17(19)20/h5,7-8H,3-4,6H2,1-2H3,(H,14,16)(H,15,18). The maximum Gasteiger partial charge on any atom is 0.289 e. The molecule has 1 aromatic heterocycles. The lowest BCUT2D eigenvalue weighted by Gasteiger charge is -2.09. The number of hydrogen-bond acceptors (Lipinski definition) is 5. The van der Waals surface area contributed by atoms with Gasteiger partial charge < -0.3 is 10.6 Å². The van der Waals surface area contributed by atoms with Crippen LogP contribution in [-0.2, 0) is 4.79 Å². The molecule has 0 unspecified atom stereocenters. The lowest BCUT2D eigenvalue weighted by molar-refractivity contribution is -0.385. The molecule has 1 aromatic rings. The Morgan fingerprint density at radius 3 is 2.80 bits per heavy atom. The zero-order valence-electron chi connectivity index (χ0n) is 11.4. The third-order valence-corrected chi connectivity index (χ3v) is 2.68. The van der Waals surface area contributed by atoms with Gasteiger partial charge in [-0.15, -0.1) is 0 Å². The number of carbonyl (C=O) groups is 1. The third kappa shape index (κ3) is 5.40. The van der Waals surface area contributed by atoms with Crippen molar-refractivity contribution in [3.63, 3.8) is 0 Å². The zero-order valence-corrected chi connectivity index (χ0v) is 12.1. The van der Waals surface area contributed by atoms with Gasteiger partial charge in [0.25, 0.3) is 5.69 Å². The molecule has 0 radical (unpaired) electrons. The van der Waals surface area contributed by atoms with Crippen molar-refractivity contribution in [2.24, 2.45) is 5.92 Å². The minimum atomic E-state index is -0.567. The van der Waals surface area contributed by atoms with Crippen LogP contribution in [0.2, 0.25) is 5.02 Å². The summed E-state index contributed by atoms with van der Waals surface area (Å²) in [5, 5.41) is 16.3. The molecule has 0 atom stereocenters. The highest BCUT2D eigenvalue weighted by Crippen LogP contribution is 2.23. The van der Waals surface area contributed by atoms with Gasteiger partial charge in [0.05, 0.1) is 9.95 Å². The molecule has 8 heteroatoms. The van der Waals surface area contributed by atoms with Gasteiger partial charge in [-0.25, -0.2) is 4.98 Å². The summed E-state index contributed by atoms with van der Waals surface area (Å²) in [6.45, 7) is 5.02. The molecular weight excluding hydrogens is 284 g/mol. The molecule has 7 nitrogen and oxygen atoms in total. The highest BCUT2D eigenvalue weighted by atomic mass is 35.5. The van der Waals surface area contributed by atoms with Crippen molar-refractivity contribution in [2.75, 3.05) is 18.4 Å². The second-order valence-corrected chi connectivity index (χ2v) is 5.06. The predicted octanol–water partition coefficient (Wildman–Crippen LogP) is 2.22. The number of pyridine rings is 1. The van der Waals surface area contributed by atoms with Crippen molar-refractivity contribution >= 4 is 29.0 Å². The predicted molar refractivity (Wildman–Crippen MR) is 76.9 cm³/mol. The molecule has 110 valence electrons. The summed E-state index contributed by atoms with van der Waals surface area (Å²) in [4.78, 5) is 25.3. The average Bonchev–Trinajstić information content (AvgIpc) is 2.38. The number of carbonyl (C=O) groups excluding carboxylic acids is 1. The number of halogens is 1. The van der Waals surface area contributed by atoms with Gasteiger partial charge in [0.2, 0.25) is 5.91 Å². The highest BCUT2D eigenvalue weighted by molar-refractivity contribution is 6.33. The number of aromatic nitrogens is 1. The topological polar surface area (TPSA) is 97.2 Å². The summed E-state index contributed by atoms with van der Waals surface area (Å²) in [5.41, 5.74) is -0.171. The Kier molecular flexibility index (Phi) is 6.17. The molecule has 0 saturated heterocycles. The Morgan fingerprint density at radius 2 is 2.25 bits per heavy atom. The van der Waals surface area contributed by atoms with E-state index in [4.69, 9.17) is 11.6 Å². The van der Waals surface area contributed by atoms with E-state index < -0.39 is 4.92 Å². The number of hydrogen-bond donors (Lipinski definition) is 2. The lowest BCUT2D eigenvalue weighted by Crippen LogP contribution is -2.28. The van der Waals surface area contributed by atoms with Crippen LogP contribution in [0.1, 0.15) is 20.3 Å². The number of anilines is 1. The third-order valence-electron chi connectivity index (χ3n) is 2.39. The van der Waals surface area contributed by atoms with E-state index in [0.717, 1.165) is 6.20 Å². The van der Waals surface area contributed by atoms with E-state index in [-0.39, 0.29) is 23.0 Å². The smallest absolute Gasteiger partial charge is 0.289 e. The first-order valence-corrected chi connectivity index (χ1v) is 6.58. The molecule has 0 bridgehead atoms. The second kappa shape index (κ2) is 7.64. The molecule has 20 heavy (non-hydrogen) atoms. The first kappa shape index (κ1) is 16.2. The van der Waals surface area contributed by atoms with Gasteiger partial charge >= 0.3 is 0 Å². The van der Waals surface area contributed by atoms with E-state index in [0.29, 0.717) is 24.8 Å². The van der Waals surface area contributed by atoms with Crippen molar-refractivity contribution in [3.8, 4) is 0 Å². The molecule has 2 N–H and O–H groups in total. The number of rotatable bonds is 7. The molecule has 0 aliphatic rings. The first-order chi connectivity index (χ1) is 9.40. The maximum atomic E-state index is 11.5. The minimum absolute atomic E-state index is 0.0655. The summed E-state index contributed by atoms with van der Waals surface area (Å²) in [5.74, 6) is 0.663. The largest absolute Gasteiger partial charge is 0.368 e. The van der Waals surface area contributed by atoms with E-state index in [1.54, 1.807) is 0 Å². The van der Waals surface area contributed by atoms with Crippen LogP contribution < -0.4 is 10.6 Å². The van der Waals surface area contributed by atoms with Gasteiger partial charge in [-0.05, 0) is 5.92 Å². The summed E-state index contributed by atoms with van der Waals surface area (Å²) < 4.78 is 0. The lowest BCUT2D eigenvalue weighted by atomic mass is 10.2. The van der Waals surface area contributed by atoms with Gasteiger partial charge in [-0.3, -0.25) is 14.9 Å². The van der Waals surface area contributed by atoms with E-state index in [9.17, 15) is 14.9 Å². The molecule has 1 heterocycles. The quantitative estimate of drug-likeness (QED) is 0.594. The van der Waals surface area contributed by atoms with Crippen molar-refractivity contribution in [3.05, 3.63) is 27.4 Å². The Balaban J connectivity index is 2.42. The van der Waals surface area contributed by atoms with E-state index in [2.05, 4.69) is 15.6 Å². The Labute approximate surface area is 121 Å². The molecule has 1 amide bonds. The van der Waals surface area contributed by atoms with Crippen LogP contribution in [0.15, 0.2) is 12.3 Å². The van der Waals surface area contributed by atoms with Crippen LogP contribution >= 0.6 is 11.6 Å². The van der Waals surface area contributed by atoms with Gasteiger partial charge in [0.1, 0.15) is 12.0 Å². The molecular formula is C12H17ClN4O3. The van der Waals surface area contributed by atoms with Crippen LogP contribution in [0.5, 0.6) is 0 Å². The molecule has 1 rings (SSSR count). The molecule has 0 fully saturated rings. The Morgan fingerprint density at radius 1 is 1.55 bits per heavy atom. The van der Waals surface area contributed by atoms with E-state index in [1.807, 2.05) is 13.8 Å². The number of nitro groups is 1. The molecule has 0 aromatic carbocycles. The van der Waals surface area contributed by atoms with Crippen LogP contribution in [-0.4, -0.2) is 28.9 Å². The van der Waals surface area contributed by atoms with E-state index >= 15 is 0 Å². The summed E-state index contributed by atoms with van der Waals surface area (Å²) in [6, 6.07) is 1.22. The molecule has 0 aliphatic heterocycles. The van der Waals surface area contributed by atoms with Crippen LogP contribution in [0.25, 0.3) is 0 Å². The monoisotopic (exact) mass is 300 g/mol. The fourth-order valence-electron chi connectivity index (χ4n) is 1.36. The molecule has 0 aliphatic carbocycles. The SMILES string of the molecule is CC(C)CNC(=O)CCNc1ncc([N+](=O)[O-])cc1Cl. The normalized spacial score (nSPS) is 10.4. The highest BCUT2D eigenvalue weighted by Gasteiger charge is 2.11. The number of nitrogens with zero attached hydrogens (tertiary/aromatic N) is 2. The van der Waals surface area contributed by atoms with Crippen molar-refractivity contribution in [1.29, 1.82) is 0 Å². The average molecular weight is 301 g/mol. The first-order valence-electron chi connectivity index (χ1n) is 6.20. The Bertz CT molecular complexity index is 494. The summed E-state index contributed by atoms with van der Waals surface area (Å²) in [6.07, 6.45) is 1.40. The summed E-state index contributed by atoms with van der Waals surface area (Å²) in [7, 11) is 0. The zero-order chi connectivity index (χ0) is 15.1. The number of amides is 1. The van der Waals surface area contributed by atoms with Gasteiger partial charge in [-0.2, -0.15) is 0 Å². The van der Waals surface area contributed by atoms with Gasteiger partial charge in [0.15, 0.2) is 0 Å². The fourth-order valence-corrected chi connectivity index (χ4v) is 1.59. The molecule has 0 saturated carbocycles. The summed E-state index contributed by atoms with van der Waals surface area (Å²) >= 11 is 5.86. The van der Waals surface area contributed by atoms with Crippen LogP contribution in [0.4, 0.5) is 11.5 Å².